The minimum atomic E-state index is -0.340. The van der Waals surface area contributed by atoms with E-state index in [2.05, 4.69) is 26.3 Å². The second kappa shape index (κ2) is 5.76. The molecular weight excluding hydrogens is 322 g/mol. The van der Waals surface area contributed by atoms with Crippen LogP contribution in [-0.2, 0) is 9.53 Å². The summed E-state index contributed by atoms with van der Waals surface area (Å²) < 4.78 is 8.00. The van der Waals surface area contributed by atoms with Gasteiger partial charge in [-0.15, -0.1) is 0 Å². The van der Waals surface area contributed by atoms with Crippen LogP contribution in [0.4, 0.5) is 5.69 Å². The van der Waals surface area contributed by atoms with Crippen molar-refractivity contribution in [1.29, 1.82) is 0 Å². The van der Waals surface area contributed by atoms with Gasteiger partial charge < -0.3 is 10.1 Å². The second-order valence-electron chi connectivity index (χ2n) is 4.61. The number of halogens is 1. The first-order chi connectivity index (χ1) is 9.74. The summed E-state index contributed by atoms with van der Waals surface area (Å²) in [7, 11) is 0. The minimum absolute atomic E-state index is 0.0961. The summed E-state index contributed by atoms with van der Waals surface area (Å²) in [4.78, 5) is 12.1. The number of para-hydroxylation sites is 2. The SMILES string of the molecule is O=C(Nc1ccccc1-n1cc(Br)cn1)C1CCCO1. The molecule has 1 aromatic heterocycles. The van der Waals surface area contributed by atoms with Crippen molar-refractivity contribution in [2.24, 2.45) is 0 Å². The lowest BCUT2D eigenvalue weighted by atomic mass is 10.2. The van der Waals surface area contributed by atoms with E-state index in [1.807, 2.05) is 30.5 Å². The van der Waals surface area contributed by atoms with E-state index >= 15 is 0 Å². The van der Waals surface area contributed by atoms with Crippen molar-refractivity contribution in [2.45, 2.75) is 18.9 Å². The molecule has 0 radical (unpaired) electrons. The summed E-state index contributed by atoms with van der Waals surface area (Å²) in [5.74, 6) is -0.0961. The molecule has 2 heterocycles. The summed E-state index contributed by atoms with van der Waals surface area (Å²) in [6.45, 7) is 0.659. The van der Waals surface area contributed by atoms with Crippen molar-refractivity contribution in [3.63, 3.8) is 0 Å². The molecule has 5 nitrogen and oxygen atoms in total. The molecule has 0 bridgehead atoms. The third kappa shape index (κ3) is 2.76. The average Bonchev–Trinajstić information content (AvgIpc) is 3.10. The maximum Gasteiger partial charge on any atom is 0.253 e. The van der Waals surface area contributed by atoms with Gasteiger partial charge in [0.2, 0.25) is 0 Å². The highest BCUT2D eigenvalue weighted by Crippen LogP contribution is 2.22. The summed E-state index contributed by atoms with van der Waals surface area (Å²) in [6.07, 6.45) is 4.93. The molecule has 1 aromatic carbocycles. The predicted octanol–water partition coefficient (Wildman–Crippen LogP) is 2.75. The molecule has 104 valence electrons. The van der Waals surface area contributed by atoms with Gasteiger partial charge in [-0.3, -0.25) is 4.79 Å². The molecule has 1 unspecified atom stereocenters. The van der Waals surface area contributed by atoms with Crippen molar-refractivity contribution in [2.75, 3.05) is 11.9 Å². The molecule has 6 heteroatoms. The van der Waals surface area contributed by atoms with Gasteiger partial charge in [0, 0.05) is 12.8 Å². The van der Waals surface area contributed by atoms with Gasteiger partial charge in [-0.25, -0.2) is 4.68 Å². The maximum absolute atomic E-state index is 12.1. The molecule has 0 saturated carbocycles. The number of hydrogen-bond acceptors (Lipinski definition) is 3. The number of nitrogens with zero attached hydrogens (tertiary/aromatic N) is 2. The number of carbonyl (C=O) groups is 1. The largest absolute Gasteiger partial charge is 0.368 e. The van der Waals surface area contributed by atoms with E-state index in [0.29, 0.717) is 6.61 Å². The molecule has 1 aliphatic rings. The molecule has 0 aliphatic carbocycles. The van der Waals surface area contributed by atoms with Crippen LogP contribution in [0.15, 0.2) is 41.1 Å². The van der Waals surface area contributed by atoms with Gasteiger partial charge in [0.05, 0.1) is 22.0 Å². The highest BCUT2D eigenvalue weighted by Gasteiger charge is 2.24. The molecule has 20 heavy (non-hydrogen) atoms. The molecule has 1 amide bonds. The van der Waals surface area contributed by atoms with Crippen molar-refractivity contribution >= 4 is 27.5 Å². The third-order valence-corrected chi connectivity index (χ3v) is 3.59. The van der Waals surface area contributed by atoms with E-state index in [1.165, 1.54) is 0 Å². The Morgan fingerprint density at radius 1 is 1.45 bits per heavy atom. The van der Waals surface area contributed by atoms with Crippen molar-refractivity contribution in [1.82, 2.24) is 9.78 Å². The first-order valence-electron chi connectivity index (χ1n) is 6.46. The van der Waals surface area contributed by atoms with Gasteiger partial charge in [0.25, 0.3) is 5.91 Å². The average molecular weight is 336 g/mol. The molecular formula is C14H14BrN3O2. The summed E-state index contributed by atoms with van der Waals surface area (Å²) in [5.41, 5.74) is 1.55. The Morgan fingerprint density at radius 3 is 3.00 bits per heavy atom. The fourth-order valence-electron chi connectivity index (χ4n) is 2.21. The van der Waals surface area contributed by atoms with Gasteiger partial charge >= 0.3 is 0 Å². The van der Waals surface area contributed by atoms with E-state index in [0.717, 1.165) is 28.7 Å². The summed E-state index contributed by atoms with van der Waals surface area (Å²) in [5, 5.41) is 7.16. The highest BCUT2D eigenvalue weighted by molar-refractivity contribution is 9.10. The van der Waals surface area contributed by atoms with Gasteiger partial charge in [-0.2, -0.15) is 5.10 Å². The summed E-state index contributed by atoms with van der Waals surface area (Å²) in [6, 6.07) is 7.56. The maximum atomic E-state index is 12.1. The molecule has 0 spiro atoms. The smallest absolute Gasteiger partial charge is 0.253 e. The molecule has 1 fully saturated rings. The van der Waals surface area contributed by atoms with Crippen LogP contribution in [0.2, 0.25) is 0 Å². The van der Waals surface area contributed by atoms with Crippen molar-refractivity contribution in [3.8, 4) is 5.69 Å². The number of nitrogens with one attached hydrogen (secondary N) is 1. The Hall–Kier alpha value is -1.66. The quantitative estimate of drug-likeness (QED) is 0.938. The molecule has 1 N–H and O–H groups in total. The van der Waals surface area contributed by atoms with Gasteiger partial charge in [-0.05, 0) is 40.9 Å². The van der Waals surface area contributed by atoms with E-state index in [1.54, 1.807) is 10.9 Å². The van der Waals surface area contributed by atoms with Gasteiger partial charge in [-0.1, -0.05) is 12.1 Å². The van der Waals surface area contributed by atoms with Crippen LogP contribution < -0.4 is 5.32 Å². The van der Waals surface area contributed by atoms with Crippen molar-refractivity contribution < 1.29 is 9.53 Å². The Labute approximate surface area is 125 Å². The van der Waals surface area contributed by atoms with Crippen LogP contribution in [0, 0.1) is 0 Å². The van der Waals surface area contributed by atoms with Crippen LogP contribution in [-0.4, -0.2) is 28.4 Å². The Bertz CT molecular complexity index is 620. The lowest BCUT2D eigenvalue weighted by Crippen LogP contribution is -2.27. The number of benzene rings is 1. The standard InChI is InChI=1S/C14H14BrN3O2/c15-10-8-16-18(9-10)12-5-2-1-4-11(12)17-14(19)13-6-3-7-20-13/h1-2,4-5,8-9,13H,3,6-7H2,(H,17,19). The number of ether oxygens (including phenoxy) is 1. The molecule has 2 aromatic rings. The molecule has 3 rings (SSSR count). The van der Waals surface area contributed by atoms with Crippen LogP contribution >= 0.6 is 15.9 Å². The van der Waals surface area contributed by atoms with Crippen LogP contribution in [0.25, 0.3) is 5.69 Å². The third-order valence-electron chi connectivity index (χ3n) is 3.18. The zero-order valence-corrected chi connectivity index (χ0v) is 12.3. The molecule has 1 aliphatic heterocycles. The highest BCUT2D eigenvalue weighted by atomic mass is 79.9. The van der Waals surface area contributed by atoms with E-state index in [9.17, 15) is 4.79 Å². The minimum Gasteiger partial charge on any atom is -0.368 e. The van der Waals surface area contributed by atoms with Crippen LogP contribution in [0.5, 0.6) is 0 Å². The number of anilines is 1. The van der Waals surface area contributed by atoms with E-state index in [-0.39, 0.29) is 12.0 Å². The normalized spacial score (nSPS) is 18.1. The first-order valence-corrected chi connectivity index (χ1v) is 7.25. The van der Waals surface area contributed by atoms with Crippen LogP contribution in [0.3, 0.4) is 0 Å². The zero-order valence-electron chi connectivity index (χ0n) is 10.8. The first kappa shape index (κ1) is 13.3. The monoisotopic (exact) mass is 335 g/mol. The number of amides is 1. The molecule has 1 atom stereocenters. The Balaban J connectivity index is 1.84. The second-order valence-corrected chi connectivity index (χ2v) is 5.53. The Morgan fingerprint density at radius 2 is 2.30 bits per heavy atom. The van der Waals surface area contributed by atoms with E-state index in [4.69, 9.17) is 4.74 Å². The topological polar surface area (TPSA) is 56.2 Å². The van der Waals surface area contributed by atoms with Crippen molar-refractivity contribution in [3.05, 3.63) is 41.1 Å². The van der Waals surface area contributed by atoms with Crippen LogP contribution in [0.1, 0.15) is 12.8 Å². The summed E-state index contributed by atoms with van der Waals surface area (Å²) >= 11 is 3.37. The number of carbonyl (C=O) groups excluding carboxylic acids is 1. The molecule has 1 saturated heterocycles. The predicted molar refractivity (Wildman–Crippen MR) is 78.9 cm³/mol. The number of aromatic nitrogens is 2. The van der Waals surface area contributed by atoms with E-state index < -0.39 is 0 Å². The Kier molecular flexibility index (Phi) is 3.84. The fourth-order valence-corrected chi connectivity index (χ4v) is 2.49. The van der Waals surface area contributed by atoms with Gasteiger partial charge in [0.1, 0.15) is 6.10 Å². The number of hydrogen-bond donors (Lipinski definition) is 1. The number of rotatable bonds is 3. The zero-order chi connectivity index (χ0) is 13.9. The fraction of sp³-hybridized carbons (Fsp3) is 0.286. The van der Waals surface area contributed by atoms with Gasteiger partial charge in [0.15, 0.2) is 0 Å². The lowest BCUT2D eigenvalue weighted by molar-refractivity contribution is -0.124. The lowest BCUT2D eigenvalue weighted by Gasteiger charge is -2.13.